The number of nitrogens with zero attached hydrogens (tertiary/aromatic N) is 2. The highest BCUT2D eigenvalue weighted by molar-refractivity contribution is 14.0. The number of hydrogen-bond donors (Lipinski definition) is 1. The second-order valence-corrected chi connectivity index (χ2v) is 9.01. The van der Waals surface area contributed by atoms with E-state index in [2.05, 4.69) is 10.3 Å². The first kappa shape index (κ1) is 20.9. The minimum atomic E-state index is -3.05. The highest BCUT2D eigenvalue weighted by Crippen LogP contribution is 2.23. The van der Waals surface area contributed by atoms with Gasteiger partial charge in [-0.15, -0.1) is 24.0 Å². The van der Waals surface area contributed by atoms with E-state index in [9.17, 15) is 8.42 Å². The second-order valence-electron chi connectivity index (χ2n) is 6.26. The van der Waals surface area contributed by atoms with E-state index < -0.39 is 14.6 Å². The lowest BCUT2D eigenvalue weighted by molar-refractivity contribution is -0.0833. The van der Waals surface area contributed by atoms with Crippen LogP contribution in [0.25, 0.3) is 0 Å². The van der Waals surface area contributed by atoms with Crippen LogP contribution in [0, 0.1) is 0 Å². The first-order valence-electron chi connectivity index (χ1n) is 7.80. The van der Waals surface area contributed by atoms with Crippen LogP contribution in [0.2, 0.25) is 0 Å². The zero-order valence-electron chi connectivity index (χ0n) is 14.1. The Labute approximate surface area is 156 Å². The topological polar surface area (TPSA) is 80.2 Å². The van der Waals surface area contributed by atoms with Crippen LogP contribution in [0.15, 0.2) is 4.99 Å². The third-order valence-corrected chi connectivity index (χ3v) is 6.54. The van der Waals surface area contributed by atoms with Gasteiger partial charge in [0.25, 0.3) is 0 Å². The lowest BCUT2D eigenvalue weighted by Crippen LogP contribution is -2.57. The van der Waals surface area contributed by atoms with E-state index in [0.29, 0.717) is 39.5 Å². The van der Waals surface area contributed by atoms with Crippen LogP contribution in [0.4, 0.5) is 0 Å². The average molecular weight is 461 g/mol. The predicted molar refractivity (Wildman–Crippen MR) is 101 cm³/mol. The van der Waals surface area contributed by atoms with Crippen molar-refractivity contribution < 1.29 is 17.9 Å². The molecule has 0 amide bonds. The van der Waals surface area contributed by atoms with Gasteiger partial charge >= 0.3 is 0 Å². The molecule has 2 fully saturated rings. The molecule has 2 aliphatic heterocycles. The molecule has 1 unspecified atom stereocenters. The molecule has 7 nitrogen and oxygen atoms in total. The maximum absolute atomic E-state index is 12.1. The van der Waals surface area contributed by atoms with Crippen LogP contribution in [0.3, 0.4) is 0 Å². The highest BCUT2D eigenvalue weighted by atomic mass is 127. The summed E-state index contributed by atoms with van der Waals surface area (Å²) in [6, 6.07) is 0. The molecule has 0 saturated carbocycles. The van der Waals surface area contributed by atoms with Crippen LogP contribution >= 0.6 is 24.0 Å². The smallest absolute Gasteiger partial charge is 0.194 e. The van der Waals surface area contributed by atoms with E-state index >= 15 is 0 Å². The number of rotatable bonds is 3. The number of nitrogens with one attached hydrogen (secondary N) is 1. The number of halogens is 1. The fourth-order valence-electron chi connectivity index (χ4n) is 2.58. The molecule has 0 spiro atoms. The molecule has 1 N–H and O–H groups in total. The molecule has 2 rings (SSSR count). The van der Waals surface area contributed by atoms with Crippen LogP contribution < -0.4 is 5.32 Å². The van der Waals surface area contributed by atoms with Crippen molar-refractivity contribution in [3.05, 3.63) is 0 Å². The Morgan fingerprint density at radius 3 is 2.70 bits per heavy atom. The van der Waals surface area contributed by atoms with Crippen molar-refractivity contribution in [3.8, 4) is 0 Å². The van der Waals surface area contributed by atoms with E-state index in [1.54, 1.807) is 13.8 Å². The fraction of sp³-hybridized carbons (Fsp3) is 0.929. The van der Waals surface area contributed by atoms with Gasteiger partial charge in [0, 0.05) is 19.6 Å². The summed E-state index contributed by atoms with van der Waals surface area (Å²) in [7, 11) is -3.05. The number of aliphatic imine (C=N–C) groups is 1. The molecule has 0 aromatic carbocycles. The highest BCUT2D eigenvalue weighted by Gasteiger charge is 2.41. The van der Waals surface area contributed by atoms with Crippen molar-refractivity contribution in [1.29, 1.82) is 0 Å². The number of sulfone groups is 1. The quantitative estimate of drug-likeness (QED) is 0.375. The summed E-state index contributed by atoms with van der Waals surface area (Å²) in [5.74, 6) is 0.910. The Kier molecular flexibility index (Phi) is 8.02. The third-order valence-electron chi connectivity index (χ3n) is 4.01. The average Bonchev–Trinajstić information content (AvgIpc) is 2.47. The maximum atomic E-state index is 12.1. The van der Waals surface area contributed by atoms with E-state index in [0.717, 1.165) is 12.5 Å². The first-order chi connectivity index (χ1) is 10.4. The summed E-state index contributed by atoms with van der Waals surface area (Å²) in [5, 5.41) is 3.24. The Morgan fingerprint density at radius 1 is 1.39 bits per heavy atom. The number of ether oxygens (including phenoxy) is 2. The third kappa shape index (κ3) is 5.43. The summed E-state index contributed by atoms with van der Waals surface area (Å²) in [6.07, 6.45) is -0.0241. The normalized spacial score (nSPS) is 27.2. The van der Waals surface area contributed by atoms with Gasteiger partial charge in [0.1, 0.15) is 6.10 Å². The van der Waals surface area contributed by atoms with Gasteiger partial charge < -0.3 is 19.7 Å². The van der Waals surface area contributed by atoms with Gasteiger partial charge in [0.2, 0.25) is 0 Å². The van der Waals surface area contributed by atoms with Gasteiger partial charge in [-0.1, -0.05) is 0 Å². The molecule has 0 aromatic heterocycles. The summed E-state index contributed by atoms with van der Waals surface area (Å²) >= 11 is 0. The van der Waals surface area contributed by atoms with Crippen molar-refractivity contribution in [2.24, 2.45) is 4.99 Å². The van der Waals surface area contributed by atoms with Crippen LogP contribution in [0.5, 0.6) is 0 Å². The fourth-order valence-corrected chi connectivity index (χ4v) is 3.95. The van der Waals surface area contributed by atoms with E-state index in [1.807, 2.05) is 11.8 Å². The Morgan fingerprint density at radius 2 is 2.13 bits per heavy atom. The largest absolute Gasteiger partial charge is 0.376 e. The zero-order chi connectivity index (χ0) is 16.2. The van der Waals surface area contributed by atoms with Gasteiger partial charge in [-0.3, -0.25) is 4.99 Å². The molecule has 0 radical (unpaired) electrons. The Balaban J connectivity index is 0.00000264. The molecule has 1 atom stereocenters. The van der Waals surface area contributed by atoms with Crippen molar-refractivity contribution in [2.45, 2.75) is 31.6 Å². The molecule has 2 heterocycles. The second kappa shape index (κ2) is 8.82. The van der Waals surface area contributed by atoms with E-state index in [4.69, 9.17) is 9.47 Å². The molecule has 23 heavy (non-hydrogen) atoms. The number of guanidine groups is 1. The summed E-state index contributed by atoms with van der Waals surface area (Å²) < 4.78 is 34.4. The standard InChI is InChI=1S/C14H27N3O4S.HI/c1-4-15-13(16-9-12-10-20-6-7-21-12)17-5-8-22(18,19)14(2,3)11-17;/h12H,4-11H2,1-3H3,(H,15,16);1H. The van der Waals surface area contributed by atoms with Gasteiger partial charge in [-0.2, -0.15) is 0 Å². The SMILES string of the molecule is CCNC(=NCC1COCCO1)N1CCS(=O)(=O)C(C)(C)C1.I. The first-order valence-corrected chi connectivity index (χ1v) is 9.46. The molecule has 2 saturated heterocycles. The van der Waals surface area contributed by atoms with Crippen LogP contribution in [-0.4, -0.2) is 81.9 Å². The molecule has 9 heteroatoms. The Hall–Kier alpha value is -0.130. The van der Waals surface area contributed by atoms with Crippen LogP contribution in [-0.2, 0) is 19.3 Å². The van der Waals surface area contributed by atoms with E-state index in [1.165, 1.54) is 0 Å². The Bertz CT molecular complexity index is 504. The molecule has 136 valence electrons. The molecular formula is C14H28IN3O4S. The van der Waals surface area contributed by atoms with Gasteiger partial charge in [0.05, 0.1) is 36.9 Å². The zero-order valence-corrected chi connectivity index (χ0v) is 17.2. The minimum Gasteiger partial charge on any atom is -0.376 e. The monoisotopic (exact) mass is 461 g/mol. The molecule has 0 aliphatic carbocycles. The lowest BCUT2D eigenvalue weighted by Gasteiger charge is -2.39. The maximum Gasteiger partial charge on any atom is 0.194 e. The molecule has 2 aliphatic rings. The predicted octanol–water partition coefficient (Wildman–Crippen LogP) is 0.494. The van der Waals surface area contributed by atoms with Gasteiger partial charge in [0.15, 0.2) is 15.8 Å². The van der Waals surface area contributed by atoms with Crippen LogP contribution in [0.1, 0.15) is 20.8 Å². The van der Waals surface area contributed by atoms with Gasteiger partial charge in [-0.25, -0.2) is 8.42 Å². The van der Waals surface area contributed by atoms with Crippen molar-refractivity contribution in [1.82, 2.24) is 10.2 Å². The van der Waals surface area contributed by atoms with Crippen molar-refractivity contribution in [2.75, 3.05) is 51.8 Å². The number of hydrogen-bond acceptors (Lipinski definition) is 5. The van der Waals surface area contributed by atoms with Crippen molar-refractivity contribution in [3.63, 3.8) is 0 Å². The molecule has 0 aromatic rings. The van der Waals surface area contributed by atoms with Gasteiger partial charge in [-0.05, 0) is 20.8 Å². The molecule has 0 bridgehead atoms. The summed E-state index contributed by atoms with van der Waals surface area (Å²) in [5.41, 5.74) is 0. The molecular weight excluding hydrogens is 433 g/mol. The van der Waals surface area contributed by atoms with E-state index in [-0.39, 0.29) is 35.8 Å². The lowest BCUT2D eigenvalue weighted by atomic mass is 10.2. The van der Waals surface area contributed by atoms with Crippen molar-refractivity contribution >= 4 is 39.8 Å². The minimum absolute atomic E-state index is 0. The summed E-state index contributed by atoms with van der Waals surface area (Å²) in [4.78, 5) is 6.63. The summed E-state index contributed by atoms with van der Waals surface area (Å²) in [6.45, 7) is 9.53.